The molecule has 1 heterocycles. The number of carbonyl (C=O) groups excluding carboxylic acids is 3. The maximum atomic E-state index is 12.5. The fourth-order valence-electron chi connectivity index (χ4n) is 2.86. The van der Waals surface area contributed by atoms with Crippen LogP contribution in [0.25, 0.3) is 0 Å². The van der Waals surface area contributed by atoms with E-state index in [-0.39, 0.29) is 31.3 Å². The number of benzene rings is 2. The van der Waals surface area contributed by atoms with Crippen LogP contribution in [-0.4, -0.2) is 37.5 Å². The standard InChI is InChI=1S/C20H22N4O4/c1-2-28-17-10-6-4-8-15(17)23-18(25)11-12-21-20(27)24-13-19(26)22-14-7-3-5-9-16(14)24/h3-10H,2,11-13H2,1H3,(H,21,27)(H,22,26)(H,23,25). The third-order valence-electron chi connectivity index (χ3n) is 4.11. The molecule has 0 fully saturated rings. The summed E-state index contributed by atoms with van der Waals surface area (Å²) in [6.07, 6.45) is 0.0912. The van der Waals surface area contributed by atoms with Crippen LogP contribution in [0, 0.1) is 0 Å². The average molecular weight is 382 g/mol. The van der Waals surface area contributed by atoms with Crippen molar-refractivity contribution in [1.29, 1.82) is 0 Å². The number of nitrogens with zero attached hydrogens (tertiary/aromatic N) is 1. The van der Waals surface area contributed by atoms with Crippen molar-refractivity contribution >= 4 is 34.9 Å². The third-order valence-corrected chi connectivity index (χ3v) is 4.11. The first-order chi connectivity index (χ1) is 13.6. The zero-order chi connectivity index (χ0) is 19.9. The molecule has 3 rings (SSSR count). The summed E-state index contributed by atoms with van der Waals surface area (Å²) in [5.74, 6) is 0.0849. The van der Waals surface area contributed by atoms with E-state index < -0.39 is 6.03 Å². The summed E-state index contributed by atoms with van der Waals surface area (Å²) in [6.45, 7) is 2.43. The number of amides is 4. The van der Waals surface area contributed by atoms with Crippen molar-refractivity contribution in [3.8, 4) is 5.75 Å². The molecule has 0 saturated carbocycles. The van der Waals surface area contributed by atoms with Crippen LogP contribution < -0.4 is 25.6 Å². The Kier molecular flexibility index (Phi) is 6.11. The predicted octanol–water partition coefficient (Wildman–Crippen LogP) is 2.58. The number of anilines is 3. The van der Waals surface area contributed by atoms with E-state index in [1.807, 2.05) is 13.0 Å². The van der Waals surface area contributed by atoms with E-state index in [4.69, 9.17) is 4.74 Å². The number of para-hydroxylation sites is 4. The van der Waals surface area contributed by atoms with Gasteiger partial charge in [-0.05, 0) is 31.2 Å². The second-order valence-corrected chi connectivity index (χ2v) is 6.11. The summed E-state index contributed by atoms with van der Waals surface area (Å²) >= 11 is 0. The van der Waals surface area contributed by atoms with Crippen molar-refractivity contribution in [2.24, 2.45) is 0 Å². The number of nitrogens with one attached hydrogen (secondary N) is 3. The lowest BCUT2D eigenvalue weighted by Crippen LogP contribution is -2.47. The molecule has 0 saturated heterocycles. The van der Waals surface area contributed by atoms with E-state index in [0.29, 0.717) is 29.4 Å². The molecule has 2 aromatic carbocycles. The van der Waals surface area contributed by atoms with Crippen molar-refractivity contribution in [1.82, 2.24) is 5.32 Å². The van der Waals surface area contributed by atoms with Crippen molar-refractivity contribution in [2.45, 2.75) is 13.3 Å². The van der Waals surface area contributed by atoms with Gasteiger partial charge in [0.25, 0.3) is 0 Å². The molecule has 2 aromatic rings. The fourth-order valence-corrected chi connectivity index (χ4v) is 2.86. The Morgan fingerprint density at radius 3 is 2.71 bits per heavy atom. The largest absolute Gasteiger partial charge is 0.492 e. The molecule has 0 spiro atoms. The molecule has 1 aliphatic heterocycles. The van der Waals surface area contributed by atoms with Gasteiger partial charge in [0.1, 0.15) is 12.3 Å². The van der Waals surface area contributed by atoms with E-state index in [0.717, 1.165) is 0 Å². The van der Waals surface area contributed by atoms with Gasteiger partial charge in [-0.1, -0.05) is 24.3 Å². The van der Waals surface area contributed by atoms with Gasteiger partial charge in [-0.25, -0.2) is 4.79 Å². The number of urea groups is 1. The maximum Gasteiger partial charge on any atom is 0.322 e. The van der Waals surface area contributed by atoms with Crippen LogP contribution in [0.1, 0.15) is 13.3 Å². The van der Waals surface area contributed by atoms with Gasteiger partial charge in [0, 0.05) is 13.0 Å². The number of carbonyl (C=O) groups is 3. The molecule has 0 radical (unpaired) electrons. The van der Waals surface area contributed by atoms with Gasteiger partial charge >= 0.3 is 6.03 Å². The summed E-state index contributed by atoms with van der Waals surface area (Å²) in [5, 5.41) is 8.19. The molecular weight excluding hydrogens is 360 g/mol. The minimum Gasteiger partial charge on any atom is -0.492 e. The van der Waals surface area contributed by atoms with Crippen molar-refractivity contribution in [2.75, 3.05) is 35.2 Å². The molecule has 4 amide bonds. The Bertz CT molecular complexity index is 884. The summed E-state index contributed by atoms with van der Waals surface area (Å²) < 4.78 is 5.47. The SMILES string of the molecule is CCOc1ccccc1NC(=O)CCNC(=O)N1CC(=O)Nc2ccccc21. The normalized spacial score (nSPS) is 12.6. The molecule has 8 nitrogen and oxygen atoms in total. The van der Waals surface area contributed by atoms with Crippen LogP contribution in [0.2, 0.25) is 0 Å². The van der Waals surface area contributed by atoms with Crippen LogP contribution in [0.5, 0.6) is 5.75 Å². The molecule has 0 bridgehead atoms. The molecule has 1 aliphatic rings. The Balaban J connectivity index is 1.53. The topological polar surface area (TPSA) is 99.8 Å². The Morgan fingerprint density at radius 1 is 1.14 bits per heavy atom. The van der Waals surface area contributed by atoms with Crippen LogP contribution in [0.15, 0.2) is 48.5 Å². The van der Waals surface area contributed by atoms with Crippen LogP contribution in [-0.2, 0) is 9.59 Å². The second kappa shape index (κ2) is 8.90. The average Bonchev–Trinajstić information content (AvgIpc) is 2.69. The van der Waals surface area contributed by atoms with Crippen molar-refractivity contribution in [3.05, 3.63) is 48.5 Å². The molecule has 8 heteroatoms. The van der Waals surface area contributed by atoms with Crippen molar-refractivity contribution in [3.63, 3.8) is 0 Å². The highest BCUT2D eigenvalue weighted by Gasteiger charge is 2.26. The first kappa shape index (κ1) is 19.2. The van der Waals surface area contributed by atoms with Crippen molar-refractivity contribution < 1.29 is 19.1 Å². The van der Waals surface area contributed by atoms with Gasteiger partial charge in [-0.3, -0.25) is 14.5 Å². The first-order valence-corrected chi connectivity index (χ1v) is 9.04. The third kappa shape index (κ3) is 4.59. The summed E-state index contributed by atoms with van der Waals surface area (Å²) in [4.78, 5) is 37.8. The monoisotopic (exact) mass is 382 g/mol. The number of hydrogen-bond acceptors (Lipinski definition) is 4. The lowest BCUT2D eigenvalue weighted by atomic mass is 10.2. The lowest BCUT2D eigenvalue weighted by molar-refractivity contribution is -0.116. The highest BCUT2D eigenvalue weighted by molar-refractivity contribution is 6.09. The molecule has 0 unspecified atom stereocenters. The molecule has 146 valence electrons. The number of hydrogen-bond donors (Lipinski definition) is 3. The Hall–Kier alpha value is -3.55. The number of ether oxygens (including phenoxy) is 1. The zero-order valence-corrected chi connectivity index (χ0v) is 15.5. The summed E-state index contributed by atoms with van der Waals surface area (Å²) in [6, 6.07) is 13.8. The minimum atomic E-state index is -0.426. The van der Waals surface area contributed by atoms with Gasteiger partial charge in [0.2, 0.25) is 11.8 Å². The predicted molar refractivity (Wildman–Crippen MR) is 107 cm³/mol. The second-order valence-electron chi connectivity index (χ2n) is 6.11. The van der Waals surface area contributed by atoms with E-state index >= 15 is 0 Å². The quantitative estimate of drug-likeness (QED) is 0.715. The minimum absolute atomic E-state index is 0.0726. The molecule has 0 aliphatic carbocycles. The molecule has 0 aromatic heterocycles. The Morgan fingerprint density at radius 2 is 1.89 bits per heavy atom. The summed E-state index contributed by atoms with van der Waals surface area (Å²) in [7, 11) is 0. The van der Waals surface area contributed by atoms with Gasteiger partial charge in [-0.15, -0.1) is 0 Å². The van der Waals surface area contributed by atoms with Gasteiger partial charge in [0.05, 0.1) is 23.7 Å². The zero-order valence-electron chi connectivity index (χ0n) is 15.5. The molecular formula is C20H22N4O4. The van der Waals surface area contributed by atoms with E-state index in [1.54, 1.807) is 42.5 Å². The van der Waals surface area contributed by atoms with E-state index in [2.05, 4.69) is 16.0 Å². The highest BCUT2D eigenvalue weighted by atomic mass is 16.5. The van der Waals surface area contributed by atoms with Gasteiger partial charge in [-0.2, -0.15) is 0 Å². The van der Waals surface area contributed by atoms with Crippen LogP contribution in [0.3, 0.4) is 0 Å². The lowest BCUT2D eigenvalue weighted by Gasteiger charge is -2.29. The van der Waals surface area contributed by atoms with Gasteiger partial charge < -0.3 is 20.7 Å². The van der Waals surface area contributed by atoms with Gasteiger partial charge in [0.15, 0.2) is 0 Å². The van der Waals surface area contributed by atoms with Crippen LogP contribution in [0.4, 0.5) is 21.9 Å². The number of rotatable bonds is 6. The number of fused-ring (bicyclic) bond motifs is 1. The smallest absolute Gasteiger partial charge is 0.322 e. The van der Waals surface area contributed by atoms with E-state index in [9.17, 15) is 14.4 Å². The first-order valence-electron chi connectivity index (χ1n) is 9.04. The highest BCUT2D eigenvalue weighted by Crippen LogP contribution is 2.28. The maximum absolute atomic E-state index is 12.5. The molecule has 3 N–H and O–H groups in total. The summed E-state index contributed by atoms with van der Waals surface area (Å²) in [5.41, 5.74) is 1.79. The van der Waals surface area contributed by atoms with E-state index in [1.165, 1.54) is 4.90 Å². The fraction of sp³-hybridized carbons (Fsp3) is 0.250. The van der Waals surface area contributed by atoms with Crippen LogP contribution >= 0.6 is 0 Å². The molecule has 0 atom stereocenters. The molecule has 28 heavy (non-hydrogen) atoms. The Labute approximate surface area is 162 Å².